The Morgan fingerprint density at radius 2 is 1.12 bits per heavy atom. The van der Waals surface area contributed by atoms with Crippen LogP contribution in [0.2, 0.25) is 0 Å². The fourth-order valence-electron chi connectivity index (χ4n) is 2.58. The summed E-state index contributed by atoms with van der Waals surface area (Å²) >= 11 is 0. The summed E-state index contributed by atoms with van der Waals surface area (Å²) in [5.74, 6) is 1.95. The third-order valence-electron chi connectivity index (χ3n) is 4.05. The van der Waals surface area contributed by atoms with Gasteiger partial charge in [0.25, 0.3) is 0 Å². The lowest BCUT2D eigenvalue weighted by Crippen LogP contribution is -2.22. The fourth-order valence-corrected chi connectivity index (χ4v) is 4.66. The molecule has 26 heavy (non-hydrogen) atoms. The minimum atomic E-state index is 0.725. The van der Waals surface area contributed by atoms with Gasteiger partial charge in [-0.25, -0.2) is 0 Å². The van der Waals surface area contributed by atoms with E-state index in [2.05, 4.69) is 9.80 Å². The van der Waals surface area contributed by atoms with E-state index >= 15 is 0 Å². The van der Waals surface area contributed by atoms with Crippen molar-refractivity contribution in [3.63, 3.8) is 0 Å². The molecule has 0 bridgehead atoms. The van der Waals surface area contributed by atoms with E-state index in [-0.39, 0.29) is 0 Å². The van der Waals surface area contributed by atoms with E-state index < -0.39 is 0 Å². The van der Waals surface area contributed by atoms with Crippen LogP contribution in [0.25, 0.3) is 0 Å². The van der Waals surface area contributed by atoms with Crippen molar-refractivity contribution >= 4 is 45.5 Å². The molecule has 0 amide bonds. The van der Waals surface area contributed by atoms with E-state index in [0.29, 0.717) is 0 Å². The maximum Gasteiger partial charge on any atom is 0.152 e. The topological polar surface area (TPSA) is 40.6 Å². The first-order chi connectivity index (χ1) is 12.7. The first kappa shape index (κ1) is 20.4. The van der Waals surface area contributed by atoms with Gasteiger partial charge in [0.05, 0.1) is 0 Å². The van der Waals surface area contributed by atoms with Crippen LogP contribution in [0.4, 0.5) is 11.4 Å². The summed E-state index contributed by atoms with van der Waals surface area (Å²) in [5, 5.41) is 0. The Bertz CT molecular complexity index is 663. The number of anilines is 2. The molecular formula is C20H24N2O2S2. The molecule has 0 aromatic heterocycles. The van der Waals surface area contributed by atoms with Gasteiger partial charge in [-0.15, -0.1) is 0 Å². The van der Waals surface area contributed by atoms with E-state index in [1.54, 1.807) is 0 Å². The van der Waals surface area contributed by atoms with Crippen molar-refractivity contribution in [2.24, 2.45) is 0 Å². The Morgan fingerprint density at radius 3 is 1.50 bits per heavy atom. The Balaban J connectivity index is 1.69. The number of hydrogen-bond donors (Lipinski definition) is 0. The maximum atomic E-state index is 11.1. The molecule has 0 radical (unpaired) electrons. The van der Waals surface area contributed by atoms with Crippen LogP contribution in [-0.2, 0) is 0 Å². The van der Waals surface area contributed by atoms with Gasteiger partial charge in [-0.05, 0) is 24.3 Å². The van der Waals surface area contributed by atoms with Crippen molar-refractivity contribution in [3.05, 3.63) is 59.7 Å². The van der Waals surface area contributed by atoms with Gasteiger partial charge in [0, 0.05) is 61.2 Å². The van der Waals surface area contributed by atoms with Gasteiger partial charge in [0.15, 0.2) is 12.6 Å². The van der Waals surface area contributed by atoms with Crippen molar-refractivity contribution in [1.82, 2.24) is 0 Å². The average molecular weight is 389 g/mol. The van der Waals surface area contributed by atoms with Crippen LogP contribution in [0.5, 0.6) is 0 Å². The minimum absolute atomic E-state index is 0.725. The molecule has 6 heteroatoms. The number of benzene rings is 2. The quantitative estimate of drug-likeness (QED) is 0.325. The summed E-state index contributed by atoms with van der Waals surface area (Å²) in [6.07, 6.45) is 1.81. The number of carbonyl (C=O) groups excluding carboxylic acids is 2. The second kappa shape index (κ2) is 10.9. The van der Waals surface area contributed by atoms with Crippen LogP contribution in [0.1, 0.15) is 20.7 Å². The molecule has 0 atom stereocenters. The molecule has 0 N–H and O–H groups in total. The number of rotatable bonds is 11. The van der Waals surface area contributed by atoms with Crippen molar-refractivity contribution in [2.45, 2.75) is 0 Å². The normalized spacial score (nSPS) is 10.4. The zero-order valence-electron chi connectivity index (χ0n) is 15.1. The van der Waals surface area contributed by atoms with Crippen molar-refractivity contribution in [2.75, 3.05) is 48.5 Å². The largest absolute Gasteiger partial charge is 0.373 e. The summed E-state index contributed by atoms with van der Waals surface area (Å²) in [6.45, 7) is 1.76. The smallest absolute Gasteiger partial charge is 0.152 e. The van der Waals surface area contributed by atoms with Gasteiger partial charge in [-0.2, -0.15) is 0 Å². The molecule has 0 aliphatic heterocycles. The van der Waals surface area contributed by atoms with Crippen LogP contribution < -0.4 is 9.80 Å². The summed E-state index contributed by atoms with van der Waals surface area (Å²) in [5.41, 5.74) is 3.39. The lowest BCUT2D eigenvalue weighted by molar-refractivity contribution is 0.111. The van der Waals surface area contributed by atoms with E-state index in [9.17, 15) is 9.59 Å². The van der Waals surface area contributed by atoms with Gasteiger partial charge in [0.2, 0.25) is 0 Å². The Labute approximate surface area is 163 Å². The second-order valence-electron chi connectivity index (χ2n) is 5.84. The molecule has 2 rings (SSSR count). The van der Waals surface area contributed by atoms with Gasteiger partial charge >= 0.3 is 0 Å². The first-order valence-corrected chi connectivity index (χ1v) is 10.9. The number of nitrogens with zero attached hydrogens (tertiary/aromatic N) is 2. The summed E-state index contributed by atoms with van der Waals surface area (Å²) in [4.78, 5) is 26.5. The van der Waals surface area contributed by atoms with Crippen molar-refractivity contribution in [1.29, 1.82) is 0 Å². The molecule has 2 aromatic rings. The lowest BCUT2D eigenvalue weighted by Gasteiger charge is -2.21. The summed E-state index contributed by atoms with van der Waals surface area (Å²) in [7, 11) is 7.68. The van der Waals surface area contributed by atoms with Gasteiger partial charge in [-0.1, -0.05) is 45.9 Å². The van der Waals surface area contributed by atoms with Crippen LogP contribution >= 0.6 is 21.6 Å². The highest BCUT2D eigenvalue weighted by atomic mass is 33.1. The number of hydrogen-bond acceptors (Lipinski definition) is 6. The molecule has 0 fully saturated rings. The average Bonchev–Trinajstić information content (AvgIpc) is 2.70. The summed E-state index contributed by atoms with van der Waals surface area (Å²) in [6, 6.07) is 15.3. The Hall–Kier alpha value is -1.92. The highest BCUT2D eigenvalue weighted by molar-refractivity contribution is 8.76. The van der Waals surface area contributed by atoms with Crippen LogP contribution in [0.3, 0.4) is 0 Å². The third-order valence-corrected chi connectivity index (χ3v) is 6.42. The van der Waals surface area contributed by atoms with Crippen molar-refractivity contribution in [3.8, 4) is 0 Å². The second-order valence-corrected chi connectivity index (χ2v) is 8.54. The van der Waals surface area contributed by atoms with E-state index in [4.69, 9.17) is 0 Å². The standard InChI is InChI=1S/C20H24N2O2S2/c1-21(19-9-5-3-7-17(19)15-23)11-13-25-26-14-12-22(2)20-10-6-4-8-18(20)16-24/h3-10,15-16H,11-14H2,1-2H3. The third kappa shape index (κ3) is 5.81. The highest BCUT2D eigenvalue weighted by Crippen LogP contribution is 2.24. The predicted octanol–water partition coefficient (Wildman–Crippen LogP) is 4.27. The van der Waals surface area contributed by atoms with Gasteiger partial charge < -0.3 is 9.80 Å². The fraction of sp³-hybridized carbons (Fsp3) is 0.300. The highest BCUT2D eigenvalue weighted by Gasteiger charge is 2.07. The molecule has 0 aliphatic rings. The summed E-state index contributed by atoms with van der Waals surface area (Å²) < 4.78 is 0. The monoisotopic (exact) mass is 388 g/mol. The SMILES string of the molecule is CN(CCSSCCN(C)c1ccccc1C=O)c1ccccc1C=O. The van der Waals surface area contributed by atoms with Crippen LogP contribution in [0.15, 0.2) is 48.5 Å². The molecule has 0 aliphatic carbocycles. The zero-order valence-corrected chi connectivity index (χ0v) is 16.8. The molecule has 138 valence electrons. The van der Waals surface area contributed by atoms with Gasteiger partial charge in [0.1, 0.15) is 0 Å². The zero-order chi connectivity index (χ0) is 18.8. The predicted molar refractivity (Wildman–Crippen MR) is 115 cm³/mol. The Morgan fingerprint density at radius 1 is 0.731 bits per heavy atom. The van der Waals surface area contributed by atoms with Crippen molar-refractivity contribution < 1.29 is 9.59 Å². The van der Waals surface area contributed by atoms with E-state index in [0.717, 1.165) is 59.7 Å². The first-order valence-electron chi connectivity index (χ1n) is 8.42. The lowest BCUT2D eigenvalue weighted by atomic mass is 10.2. The van der Waals surface area contributed by atoms with E-state index in [1.165, 1.54) is 0 Å². The number of aldehydes is 2. The van der Waals surface area contributed by atoms with Crippen LogP contribution in [0, 0.1) is 0 Å². The van der Waals surface area contributed by atoms with E-state index in [1.807, 2.05) is 84.2 Å². The number of para-hydroxylation sites is 2. The maximum absolute atomic E-state index is 11.1. The molecule has 0 heterocycles. The molecule has 4 nitrogen and oxygen atoms in total. The molecule has 0 saturated heterocycles. The van der Waals surface area contributed by atoms with Crippen LogP contribution in [-0.4, -0.2) is 51.3 Å². The van der Waals surface area contributed by atoms with Gasteiger partial charge in [-0.3, -0.25) is 9.59 Å². The molecule has 0 spiro atoms. The minimum Gasteiger partial charge on any atom is -0.373 e. The number of carbonyl (C=O) groups is 2. The molecular weight excluding hydrogens is 364 g/mol. The Kier molecular flexibility index (Phi) is 8.58. The molecule has 0 unspecified atom stereocenters. The molecule has 2 aromatic carbocycles. The molecule has 0 saturated carbocycles.